The molecule has 0 bridgehead atoms. The molecule has 1 N–H and O–H groups in total. The van der Waals surface area contributed by atoms with Gasteiger partial charge in [0.05, 0.1) is 0 Å². The lowest BCUT2D eigenvalue weighted by Gasteiger charge is -2.31. The zero-order valence-electron chi connectivity index (χ0n) is 16.2. The van der Waals surface area contributed by atoms with E-state index < -0.39 is 0 Å². The summed E-state index contributed by atoms with van der Waals surface area (Å²) in [6.45, 7) is 11.9. The molecular formula is C20H35N3O2. The van der Waals surface area contributed by atoms with E-state index in [-0.39, 0.29) is 23.1 Å². The van der Waals surface area contributed by atoms with Crippen LogP contribution in [0.15, 0.2) is 12.2 Å². The molecule has 2 fully saturated rings. The average Bonchev–Trinajstić information content (AvgIpc) is 3.09. The summed E-state index contributed by atoms with van der Waals surface area (Å²) in [5, 5.41) is 3.08. The van der Waals surface area contributed by atoms with Crippen LogP contribution in [0.4, 0.5) is 0 Å². The molecule has 0 aliphatic carbocycles. The van der Waals surface area contributed by atoms with Gasteiger partial charge in [-0.15, -0.1) is 0 Å². The highest BCUT2D eigenvalue weighted by atomic mass is 16.2. The fourth-order valence-electron chi connectivity index (χ4n) is 3.45. The summed E-state index contributed by atoms with van der Waals surface area (Å²) in [6, 6.07) is 0. The van der Waals surface area contributed by atoms with Crippen LogP contribution in [-0.2, 0) is 9.59 Å². The van der Waals surface area contributed by atoms with Crippen molar-refractivity contribution in [2.24, 2.45) is 11.3 Å². The monoisotopic (exact) mass is 349 g/mol. The van der Waals surface area contributed by atoms with Gasteiger partial charge in [-0.3, -0.25) is 9.59 Å². The van der Waals surface area contributed by atoms with Crippen molar-refractivity contribution < 1.29 is 9.59 Å². The van der Waals surface area contributed by atoms with Crippen LogP contribution in [0.5, 0.6) is 0 Å². The fraction of sp³-hybridized carbons (Fsp3) is 0.800. The van der Waals surface area contributed by atoms with Gasteiger partial charge in [-0.2, -0.15) is 0 Å². The van der Waals surface area contributed by atoms with E-state index in [1.54, 1.807) is 6.08 Å². The molecule has 0 unspecified atom stereocenters. The molecule has 5 nitrogen and oxygen atoms in total. The lowest BCUT2D eigenvalue weighted by Crippen LogP contribution is -2.43. The highest BCUT2D eigenvalue weighted by Gasteiger charge is 2.26. The molecule has 0 radical (unpaired) electrons. The first kappa shape index (κ1) is 20.0. The molecule has 2 saturated heterocycles. The van der Waals surface area contributed by atoms with E-state index in [1.165, 1.54) is 25.9 Å². The number of hydrogen-bond donors (Lipinski definition) is 1. The minimum Gasteiger partial charge on any atom is -0.356 e. The molecule has 0 atom stereocenters. The molecule has 0 aromatic carbocycles. The van der Waals surface area contributed by atoms with Gasteiger partial charge in [0.1, 0.15) is 0 Å². The zero-order valence-corrected chi connectivity index (χ0v) is 16.2. The summed E-state index contributed by atoms with van der Waals surface area (Å²) in [6.07, 6.45) is 8.83. The minimum absolute atomic E-state index is 0.0168. The number of carbonyl (C=O) groups excluding carboxylic acids is 2. The summed E-state index contributed by atoms with van der Waals surface area (Å²) in [4.78, 5) is 28.8. The van der Waals surface area contributed by atoms with Gasteiger partial charge in [0.25, 0.3) is 0 Å². The standard InChI is InChI=1S/C20H35N3O2/c1-20(2,3)10-7-18(24)23-15-8-17(9-16-23)19(25)21-11-6-14-22-12-4-5-13-22/h7,10,17H,4-6,8-9,11-16H2,1-3H3,(H,21,25)/b10-7+. The van der Waals surface area contributed by atoms with E-state index in [0.717, 1.165) is 32.4 Å². The van der Waals surface area contributed by atoms with Crippen LogP contribution in [0.3, 0.4) is 0 Å². The van der Waals surface area contributed by atoms with Crippen LogP contribution in [-0.4, -0.2) is 60.9 Å². The summed E-state index contributed by atoms with van der Waals surface area (Å²) in [7, 11) is 0. The second kappa shape index (κ2) is 9.37. The third-order valence-corrected chi connectivity index (χ3v) is 5.05. The molecule has 2 aliphatic heterocycles. The molecule has 0 spiro atoms. The Kier molecular flexibility index (Phi) is 7.48. The van der Waals surface area contributed by atoms with Crippen molar-refractivity contribution in [2.75, 3.05) is 39.3 Å². The quantitative estimate of drug-likeness (QED) is 0.592. The van der Waals surface area contributed by atoms with Crippen molar-refractivity contribution in [3.63, 3.8) is 0 Å². The molecule has 25 heavy (non-hydrogen) atoms. The predicted molar refractivity (Wildman–Crippen MR) is 101 cm³/mol. The number of piperidine rings is 1. The number of carbonyl (C=O) groups is 2. The first-order chi connectivity index (χ1) is 11.8. The molecule has 0 aromatic rings. The van der Waals surface area contributed by atoms with Crippen LogP contribution in [0, 0.1) is 11.3 Å². The van der Waals surface area contributed by atoms with Crippen molar-refractivity contribution >= 4 is 11.8 Å². The van der Waals surface area contributed by atoms with Crippen LogP contribution < -0.4 is 5.32 Å². The SMILES string of the molecule is CC(C)(C)/C=C/C(=O)N1CCC(C(=O)NCCCN2CCCC2)CC1. The summed E-state index contributed by atoms with van der Waals surface area (Å²) in [5.41, 5.74) is 0.0168. The second-order valence-corrected chi connectivity index (χ2v) is 8.49. The molecule has 142 valence electrons. The molecule has 0 saturated carbocycles. The average molecular weight is 350 g/mol. The summed E-state index contributed by atoms with van der Waals surface area (Å²) in [5.74, 6) is 0.292. The molecule has 2 heterocycles. The molecule has 0 aromatic heterocycles. The summed E-state index contributed by atoms with van der Waals surface area (Å²) >= 11 is 0. The van der Waals surface area contributed by atoms with Crippen molar-refractivity contribution in [2.45, 2.75) is 52.9 Å². The van der Waals surface area contributed by atoms with Gasteiger partial charge >= 0.3 is 0 Å². The Bertz CT molecular complexity index is 468. The normalized spacial score (nSPS) is 20.4. The Labute approximate surface area is 152 Å². The number of amides is 2. The molecule has 2 aliphatic rings. The Balaban J connectivity index is 1.62. The van der Waals surface area contributed by atoms with Gasteiger partial charge in [-0.1, -0.05) is 26.8 Å². The first-order valence-electron chi connectivity index (χ1n) is 9.83. The highest BCUT2D eigenvalue weighted by molar-refractivity contribution is 5.88. The maximum absolute atomic E-state index is 12.3. The Morgan fingerprint density at radius 2 is 1.72 bits per heavy atom. The number of allylic oxidation sites excluding steroid dienone is 1. The highest BCUT2D eigenvalue weighted by Crippen LogP contribution is 2.19. The van der Waals surface area contributed by atoms with Crippen molar-refractivity contribution in [1.29, 1.82) is 0 Å². The van der Waals surface area contributed by atoms with Gasteiger partial charge < -0.3 is 15.1 Å². The van der Waals surface area contributed by atoms with Crippen LogP contribution >= 0.6 is 0 Å². The summed E-state index contributed by atoms with van der Waals surface area (Å²) < 4.78 is 0. The number of nitrogens with zero attached hydrogens (tertiary/aromatic N) is 2. The van der Waals surface area contributed by atoms with Crippen molar-refractivity contribution in [1.82, 2.24) is 15.1 Å². The van der Waals surface area contributed by atoms with E-state index in [0.29, 0.717) is 13.1 Å². The van der Waals surface area contributed by atoms with E-state index >= 15 is 0 Å². The van der Waals surface area contributed by atoms with Crippen LogP contribution in [0.2, 0.25) is 0 Å². The number of rotatable bonds is 6. The van der Waals surface area contributed by atoms with Crippen molar-refractivity contribution in [3.8, 4) is 0 Å². The van der Waals surface area contributed by atoms with Gasteiger partial charge in [0, 0.05) is 25.6 Å². The topological polar surface area (TPSA) is 52.7 Å². The maximum Gasteiger partial charge on any atom is 0.246 e. The first-order valence-corrected chi connectivity index (χ1v) is 9.83. The Morgan fingerprint density at radius 3 is 2.32 bits per heavy atom. The fourth-order valence-corrected chi connectivity index (χ4v) is 3.45. The van der Waals surface area contributed by atoms with E-state index in [1.807, 2.05) is 11.0 Å². The number of nitrogens with one attached hydrogen (secondary N) is 1. The third kappa shape index (κ3) is 7.18. The maximum atomic E-state index is 12.3. The number of hydrogen-bond acceptors (Lipinski definition) is 3. The minimum atomic E-state index is 0.0168. The Hall–Kier alpha value is -1.36. The largest absolute Gasteiger partial charge is 0.356 e. The molecule has 2 rings (SSSR count). The molecule has 5 heteroatoms. The van der Waals surface area contributed by atoms with Crippen molar-refractivity contribution in [3.05, 3.63) is 12.2 Å². The zero-order chi connectivity index (χ0) is 18.3. The second-order valence-electron chi connectivity index (χ2n) is 8.49. The smallest absolute Gasteiger partial charge is 0.246 e. The van der Waals surface area contributed by atoms with Crippen LogP contribution in [0.25, 0.3) is 0 Å². The van der Waals surface area contributed by atoms with Gasteiger partial charge in [0.2, 0.25) is 11.8 Å². The van der Waals surface area contributed by atoms with E-state index in [2.05, 4.69) is 31.0 Å². The lowest BCUT2D eigenvalue weighted by atomic mass is 9.94. The van der Waals surface area contributed by atoms with Gasteiger partial charge in [-0.25, -0.2) is 0 Å². The molecular weight excluding hydrogens is 314 g/mol. The lowest BCUT2D eigenvalue weighted by molar-refractivity contribution is -0.132. The Morgan fingerprint density at radius 1 is 1.08 bits per heavy atom. The number of likely N-dealkylation sites (tertiary alicyclic amines) is 2. The van der Waals surface area contributed by atoms with E-state index in [9.17, 15) is 9.59 Å². The van der Waals surface area contributed by atoms with Gasteiger partial charge in [-0.05, 0) is 63.2 Å². The van der Waals surface area contributed by atoms with Gasteiger partial charge in [0.15, 0.2) is 0 Å². The van der Waals surface area contributed by atoms with E-state index in [4.69, 9.17) is 0 Å². The van der Waals surface area contributed by atoms with Crippen LogP contribution in [0.1, 0.15) is 52.9 Å². The predicted octanol–water partition coefficient (Wildman–Crippen LogP) is 2.43. The third-order valence-electron chi connectivity index (χ3n) is 5.05. The molecule has 2 amide bonds.